The van der Waals surface area contributed by atoms with Crippen molar-refractivity contribution in [2.75, 3.05) is 6.54 Å². The van der Waals surface area contributed by atoms with Gasteiger partial charge >= 0.3 is 6.61 Å². The number of halogens is 2. The van der Waals surface area contributed by atoms with Crippen LogP contribution in [0.4, 0.5) is 8.78 Å². The number of nitrogens with two attached hydrogens (primary N) is 1. The zero-order chi connectivity index (χ0) is 13.7. The van der Waals surface area contributed by atoms with E-state index in [1.807, 2.05) is 12.1 Å². The lowest BCUT2D eigenvalue weighted by Crippen LogP contribution is -2.23. The first kappa shape index (κ1) is 14.3. The summed E-state index contributed by atoms with van der Waals surface area (Å²) in [4.78, 5) is 0. The molecule has 1 aromatic carbocycles. The largest absolute Gasteiger partial charge is 0.435 e. The lowest BCUT2D eigenvalue weighted by molar-refractivity contribution is -0.0498. The molecule has 0 amide bonds. The third-order valence-electron chi connectivity index (χ3n) is 4.01. The fourth-order valence-electron chi connectivity index (χ4n) is 3.03. The van der Waals surface area contributed by atoms with Crippen molar-refractivity contribution in [2.45, 2.75) is 44.6 Å². The second-order valence-electron chi connectivity index (χ2n) is 5.19. The molecule has 19 heavy (non-hydrogen) atoms. The van der Waals surface area contributed by atoms with Crippen molar-refractivity contribution >= 4 is 0 Å². The number of hydrogen-bond donors (Lipinski definition) is 1. The monoisotopic (exact) mass is 269 g/mol. The average molecular weight is 269 g/mol. The van der Waals surface area contributed by atoms with E-state index in [4.69, 9.17) is 5.73 Å². The first-order valence-electron chi connectivity index (χ1n) is 6.95. The maximum Gasteiger partial charge on any atom is 0.387 e. The van der Waals surface area contributed by atoms with Gasteiger partial charge in [0.1, 0.15) is 5.75 Å². The molecule has 1 aliphatic rings. The number of rotatable bonds is 5. The average Bonchev–Trinajstić information content (AvgIpc) is 2.42. The van der Waals surface area contributed by atoms with Gasteiger partial charge in [-0.3, -0.25) is 0 Å². The third-order valence-corrected chi connectivity index (χ3v) is 4.01. The minimum Gasteiger partial charge on any atom is -0.435 e. The summed E-state index contributed by atoms with van der Waals surface area (Å²) >= 11 is 0. The Morgan fingerprint density at radius 1 is 1.11 bits per heavy atom. The fourth-order valence-corrected chi connectivity index (χ4v) is 3.03. The van der Waals surface area contributed by atoms with Gasteiger partial charge in [0.2, 0.25) is 0 Å². The van der Waals surface area contributed by atoms with Gasteiger partial charge in [-0.05, 0) is 48.9 Å². The van der Waals surface area contributed by atoms with Crippen LogP contribution in [0.1, 0.15) is 43.6 Å². The number of alkyl halides is 2. The van der Waals surface area contributed by atoms with Crippen molar-refractivity contribution in [3.8, 4) is 5.75 Å². The molecule has 1 fully saturated rings. The molecule has 1 aliphatic carbocycles. The summed E-state index contributed by atoms with van der Waals surface area (Å²) in [6.07, 6.45) is 6.30. The first-order valence-corrected chi connectivity index (χ1v) is 6.95. The molecule has 0 radical (unpaired) electrons. The Balaban J connectivity index is 2.05. The predicted octanol–water partition coefficient (Wildman–Crippen LogP) is 3.91. The number of ether oxygens (including phenoxy) is 1. The van der Waals surface area contributed by atoms with Crippen LogP contribution in [0.3, 0.4) is 0 Å². The summed E-state index contributed by atoms with van der Waals surface area (Å²) in [5.74, 6) is 1.17. The molecule has 0 spiro atoms. The molecule has 1 saturated carbocycles. The fraction of sp³-hybridized carbons (Fsp3) is 0.600. The van der Waals surface area contributed by atoms with Crippen LogP contribution >= 0.6 is 0 Å². The lowest BCUT2D eigenvalue weighted by Gasteiger charge is -2.29. The maximum absolute atomic E-state index is 12.1. The molecular weight excluding hydrogens is 248 g/mol. The molecule has 4 heteroatoms. The maximum atomic E-state index is 12.1. The van der Waals surface area contributed by atoms with E-state index in [0.717, 1.165) is 5.56 Å². The van der Waals surface area contributed by atoms with E-state index in [1.165, 1.54) is 32.1 Å². The van der Waals surface area contributed by atoms with Crippen LogP contribution < -0.4 is 10.5 Å². The normalized spacial score (nSPS) is 18.5. The van der Waals surface area contributed by atoms with Crippen LogP contribution in [0.25, 0.3) is 0 Å². The molecule has 2 nitrogen and oxygen atoms in total. The molecule has 0 aliphatic heterocycles. The van der Waals surface area contributed by atoms with Crippen molar-refractivity contribution in [1.82, 2.24) is 0 Å². The topological polar surface area (TPSA) is 35.2 Å². The molecule has 0 aromatic heterocycles. The highest BCUT2D eigenvalue weighted by Crippen LogP contribution is 2.35. The van der Waals surface area contributed by atoms with Gasteiger partial charge < -0.3 is 10.5 Å². The zero-order valence-electron chi connectivity index (χ0n) is 11.0. The highest BCUT2D eigenvalue weighted by molar-refractivity contribution is 5.30. The molecule has 0 bridgehead atoms. The Morgan fingerprint density at radius 3 is 2.26 bits per heavy atom. The molecule has 2 N–H and O–H groups in total. The minimum atomic E-state index is -2.77. The zero-order valence-corrected chi connectivity index (χ0v) is 11.0. The van der Waals surface area contributed by atoms with Crippen molar-refractivity contribution in [2.24, 2.45) is 11.7 Å². The van der Waals surface area contributed by atoms with Crippen molar-refractivity contribution in [1.29, 1.82) is 0 Å². The van der Waals surface area contributed by atoms with E-state index in [1.54, 1.807) is 12.1 Å². The van der Waals surface area contributed by atoms with E-state index in [9.17, 15) is 8.78 Å². The van der Waals surface area contributed by atoms with E-state index in [0.29, 0.717) is 18.4 Å². The van der Waals surface area contributed by atoms with E-state index in [2.05, 4.69) is 4.74 Å². The van der Waals surface area contributed by atoms with Crippen LogP contribution in [0.2, 0.25) is 0 Å². The Kier molecular flexibility index (Phi) is 5.14. The van der Waals surface area contributed by atoms with Crippen LogP contribution in [0.5, 0.6) is 5.75 Å². The summed E-state index contributed by atoms with van der Waals surface area (Å²) in [6.45, 7) is -2.16. The molecule has 106 valence electrons. The smallest absolute Gasteiger partial charge is 0.387 e. The number of benzene rings is 1. The van der Waals surface area contributed by atoms with Gasteiger partial charge in [-0.1, -0.05) is 31.4 Å². The van der Waals surface area contributed by atoms with Crippen molar-refractivity contribution < 1.29 is 13.5 Å². The highest BCUT2D eigenvalue weighted by atomic mass is 19.3. The third kappa shape index (κ3) is 3.90. The van der Waals surface area contributed by atoms with Gasteiger partial charge in [0.25, 0.3) is 0 Å². The summed E-state index contributed by atoms with van der Waals surface area (Å²) in [5, 5.41) is 0. The Labute approximate surface area is 112 Å². The van der Waals surface area contributed by atoms with Crippen LogP contribution in [0, 0.1) is 5.92 Å². The minimum absolute atomic E-state index is 0.207. The molecule has 2 rings (SSSR count). The molecular formula is C15H21F2NO. The van der Waals surface area contributed by atoms with Gasteiger partial charge in [0.05, 0.1) is 0 Å². The second-order valence-corrected chi connectivity index (χ2v) is 5.19. The number of hydrogen-bond acceptors (Lipinski definition) is 2. The van der Waals surface area contributed by atoms with Crippen molar-refractivity contribution in [3.63, 3.8) is 0 Å². The van der Waals surface area contributed by atoms with E-state index < -0.39 is 6.61 Å². The molecule has 1 unspecified atom stereocenters. The van der Waals surface area contributed by atoms with Gasteiger partial charge in [-0.15, -0.1) is 0 Å². The van der Waals surface area contributed by atoms with Gasteiger partial charge in [-0.25, -0.2) is 0 Å². The molecule has 0 saturated heterocycles. The predicted molar refractivity (Wildman–Crippen MR) is 71.4 cm³/mol. The molecule has 1 atom stereocenters. The van der Waals surface area contributed by atoms with Gasteiger partial charge in [0.15, 0.2) is 0 Å². The Bertz CT molecular complexity index is 374. The quantitative estimate of drug-likeness (QED) is 0.879. The van der Waals surface area contributed by atoms with Crippen molar-refractivity contribution in [3.05, 3.63) is 29.8 Å². The summed E-state index contributed by atoms with van der Waals surface area (Å²) in [7, 11) is 0. The van der Waals surface area contributed by atoms with Gasteiger partial charge in [-0.2, -0.15) is 8.78 Å². The van der Waals surface area contributed by atoms with E-state index in [-0.39, 0.29) is 5.75 Å². The van der Waals surface area contributed by atoms with Crippen LogP contribution in [0.15, 0.2) is 24.3 Å². The SMILES string of the molecule is NCC(c1ccc(OC(F)F)cc1)C1CCCCC1. The lowest BCUT2D eigenvalue weighted by atomic mass is 9.77. The molecule has 1 aromatic rings. The first-order chi connectivity index (χ1) is 9.20. The standard InChI is InChI=1S/C15H21F2NO/c16-15(17)19-13-8-6-12(7-9-13)14(10-18)11-4-2-1-3-5-11/h6-9,11,14-15H,1-5,10,18H2. The van der Waals surface area contributed by atoms with E-state index >= 15 is 0 Å². The van der Waals surface area contributed by atoms with Crippen LogP contribution in [-0.2, 0) is 0 Å². The summed E-state index contributed by atoms with van der Waals surface area (Å²) < 4.78 is 28.6. The second kappa shape index (κ2) is 6.85. The molecule has 0 heterocycles. The van der Waals surface area contributed by atoms with Crippen LogP contribution in [-0.4, -0.2) is 13.2 Å². The Hall–Kier alpha value is -1.16. The summed E-state index contributed by atoms with van der Waals surface area (Å²) in [5.41, 5.74) is 7.04. The summed E-state index contributed by atoms with van der Waals surface area (Å²) in [6, 6.07) is 6.94. The highest BCUT2D eigenvalue weighted by Gasteiger charge is 2.23. The van der Waals surface area contributed by atoms with Gasteiger partial charge in [0, 0.05) is 0 Å². The Morgan fingerprint density at radius 2 is 1.74 bits per heavy atom.